The zero-order valence-corrected chi connectivity index (χ0v) is 12.1. The Morgan fingerprint density at radius 2 is 1.89 bits per heavy atom. The van der Waals surface area contributed by atoms with Gasteiger partial charge < -0.3 is 0 Å². The van der Waals surface area contributed by atoms with Gasteiger partial charge in [0, 0.05) is 12.4 Å². The smallest absolute Gasteiger partial charge is 0.213 e. The van der Waals surface area contributed by atoms with E-state index in [-0.39, 0.29) is 5.75 Å². The molecule has 0 fully saturated rings. The highest BCUT2D eigenvalue weighted by molar-refractivity contribution is 7.89. The second kappa shape index (κ2) is 6.64. The van der Waals surface area contributed by atoms with Gasteiger partial charge in [-0.3, -0.25) is 4.98 Å². The van der Waals surface area contributed by atoms with E-state index in [0.29, 0.717) is 19.3 Å². The minimum absolute atomic E-state index is 0.0273. The molecular formula is C13H19N3O2S. The molecule has 19 heavy (non-hydrogen) atoms. The van der Waals surface area contributed by atoms with E-state index in [1.165, 1.54) is 0 Å². The number of aromatic nitrogens is 1. The van der Waals surface area contributed by atoms with Crippen LogP contribution >= 0.6 is 0 Å². The molecule has 0 atom stereocenters. The van der Waals surface area contributed by atoms with Crippen molar-refractivity contribution < 1.29 is 8.42 Å². The van der Waals surface area contributed by atoms with E-state index >= 15 is 0 Å². The average Bonchev–Trinajstić information content (AvgIpc) is 2.44. The molecule has 0 radical (unpaired) electrons. The summed E-state index contributed by atoms with van der Waals surface area (Å²) in [7, 11) is -3.47. The Hall–Kier alpha value is -1.45. The summed E-state index contributed by atoms with van der Waals surface area (Å²) in [5.41, 5.74) is -0.0761. The van der Waals surface area contributed by atoms with Gasteiger partial charge in [-0.2, -0.15) is 9.98 Å². The maximum atomic E-state index is 12.0. The third-order valence-corrected chi connectivity index (χ3v) is 4.62. The maximum absolute atomic E-state index is 12.0. The highest BCUT2D eigenvalue weighted by Gasteiger charge is 2.30. The maximum Gasteiger partial charge on any atom is 0.213 e. The van der Waals surface area contributed by atoms with E-state index in [0.717, 1.165) is 5.56 Å². The van der Waals surface area contributed by atoms with Crippen LogP contribution in [0.15, 0.2) is 24.5 Å². The van der Waals surface area contributed by atoms with Crippen molar-refractivity contribution in [1.29, 1.82) is 5.26 Å². The minimum Gasteiger partial charge on any atom is -0.265 e. The molecule has 1 N–H and O–H groups in total. The predicted molar refractivity (Wildman–Crippen MR) is 73.8 cm³/mol. The fourth-order valence-corrected chi connectivity index (χ4v) is 3.26. The Bertz CT molecular complexity index is 531. The Labute approximate surface area is 114 Å². The lowest BCUT2D eigenvalue weighted by Gasteiger charge is -2.24. The number of nitrogens with one attached hydrogen (secondary N) is 1. The summed E-state index contributed by atoms with van der Waals surface area (Å²) in [5.74, 6) is -0.0273. The Morgan fingerprint density at radius 3 is 2.37 bits per heavy atom. The van der Waals surface area contributed by atoms with Crippen molar-refractivity contribution in [2.75, 3.05) is 5.75 Å². The molecule has 0 aliphatic heterocycles. The Kier molecular flexibility index (Phi) is 5.45. The summed E-state index contributed by atoms with van der Waals surface area (Å²) in [5, 5.41) is 9.14. The first-order valence-corrected chi connectivity index (χ1v) is 7.94. The van der Waals surface area contributed by atoms with Crippen molar-refractivity contribution in [1.82, 2.24) is 9.71 Å². The van der Waals surface area contributed by atoms with Crippen molar-refractivity contribution in [2.24, 2.45) is 0 Å². The first-order chi connectivity index (χ1) is 8.97. The van der Waals surface area contributed by atoms with Gasteiger partial charge in [0.2, 0.25) is 10.0 Å². The molecule has 5 nitrogen and oxygen atoms in total. The lowest BCUT2D eigenvalue weighted by atomic mass is 9.97. The molecule has 0 aliphatic carbocycles. The van der Waals surface area contributed by atoms with Crippen LogP contribution in [0.5, 0.6) is 0 Å². The van der Waals surface area contributed by atoms with E-state index in [2.05, 4.69) is 15.8 Å². The third kappa shape index (κ3) is 4.62. The van der Waals surface area contributed by atoms with Crippen LogP contribution in [0, 0.1) is 11.3 Å². The van der Waals surface area contributed by atoms with E-state index in [1.54, 1.807) is 38.4 Å². The highest BCUT2D eigenvalue weighted by Crippen LogP contribution is 2.15. The molecule has 0 saturated heterocycles. The van der Waals surface area contributed by atoms with E-state index < -0.39 is 15.6 Å². The molecule has 0 amide bonds. The monoisotopic (exact) mass is 281 g/mol. The van der Waals surface area contributed by atoms with Crippen LogP contribution in [0.4, 0.5) is 0 Å². The summed E-state index contributed by atoms with van der Waals surface area (Å²) >= 11 is 0. The predicted octanol–water partition coefficient (Wildman–Crippen LogP) is 1.63. The molecule has 6 heteroatoms. The number of aryl methyl sites for hydroxylation is 1. The molecule has 1 aromatic heterocycles. The van der Waals surface area contributed by atoms with Crippen LogP contribution < -0.4 is 4.72 Å². The lowest BCUT2D eigenvalue weighted by molar-refractivity contribution is 0.446. The van der Waals surface area contributed by atoms with Gasteiger partial charge in [-0.25, -0.2) is 8.42 Å². The Morgan fingerprint density at radius 1 is 1.32 bits per heavy atom. The first-order valence-electron chi connectivity index (χ1n) is 6.29. The molecule has 0 aromatic carbocycles. The fraction of sp³-hybridized carbons (Fsp3) is 0.538. The summed E-state index contributed by atoms with van der Waals surface area (Å²) in [6, 6.07) is 5.64. The molecule has 104 valence electrons. The van der Waals surface area contributed by atoms with E-state index in [1.807, 2.05) is 0 Å². The molecule has 1 heterocycles. The van der Waals surface area contributed by atoms with Crippen molar-refractivity contribution in [3.05, 3.63) is 30.1 Å². The molecular weight excluding hydrogens is 262 g/mol. The highest BCUT2D eigenvalue weighted by atomic mass is 32.2. The van der Waals surface area contributed by atoms with Gasteiger partial charge in [-0.15, -0.1) is 0 Å². The third-order valence-electron chi connectivity index (χ3n) is 3.18. The number of pyridine rings is 1. The Balaban J connectivity index is 2.70. The summed E-state index contributed by atoms with van der Waals surface area (Å²) in [6.07, 6.45) is 4.58. The first kappa shape index (κ1) is 15.6. The summed E-state index contributed by atoms with van der Waals surface area (Å²) in [6.45, 7) is 3.61. The SMILES string of the molecule is CCC(C#N)(CC)NS(=O)(=O)CCc1ccncc1. The molecule has 1 aromatic rings. The standard InChI is InChI=1S/C13H19N3O2S/c1-3-13(4-2,11-14)16-19(17,18)10-7-12-5-8-15-9-6-12/h5-6,8-9,16H,3-4,7,10H2,1-2H3. The van der Waals surface area contributed by atoms with Crippen LogP contribution in [0.3, 0.4) is 0 Å². The average molecular weight is 281 g/mol. The van der Waals surface area contributed by atoms with Gasteiger partial charge in [0.1, 0.15) is 5.54 Å². The van der Waals surface area contributed by atoms with E-state index in [9.17, 15) is 8.42 Å². The molecule has 0 aliphatic rings. The van der Waals surface area contributed by atoms with Gasteiger partial charge in [0.05, 0.1) is 11.8 Å². The summed E-state index contributed by atoms with van der Waals surface area (Å²) in [4.78, 5) is 3.88. The number of rotatable bonds is 7. The van der Waals surface area contributed by atoms with Gasteiger partial charge in [-0.05, 0) is 37.0 Å². The van der Waals surface area contributed by atoms with Crippen LogP contribution in [0.25, 0.3) is 0 Å². The van der Waals surface area contributed by atoms with Gasteiger partial charge in [0.15, 0.2) is 0 Å². The second-order valence-corrected chi connectivity index (χ2v) is 6.27. The lowest BCUT2D eigenvalue weighted by Crippen LogP contribution is -2.47. The topological polar surface area (TPSA) is 82.9 Å². The molecule has 0 spiro atoms. The zero-order chi connectivity index (χ0) is 14.4. The molecule has 1 rings (SSSR count). The molecule has 0 saturated carbocycles. The largest absolute Gasteiger partial charge is 0.265 e. The van der Waals surface area contributed by atoms with Gasteiger partial charge in [-0.1, -0.05) is 13.8 Å². The number of nitrogens with zero attached hydrogens (tertiary/aromatic N) is 2. The van der Waals surface area contributed by atoms with Crippen molar-refractivity contribution in [3.8, 4) is 6.07 Å². The number of hydrogen-bond donors (Lipinski definition) is 1. The van der Waals surface area contributed by atoms with Gasteiger partial charge >= 0.3 is 0 Å². The second-order valence-electron chi connectivity index (χ2n) is 4.43. The number of hydrogen-bond acceptors (Lipinski definition) is 4. The van der Waals surface area contributed by atoms with Crippen LogP contribution in [-0.2, 0) is 16.4 Å². The van der Waals surface area contributed by atoms with Crippen molar-refractivity contribution in [2.45, 2.75) is 38.6 Å². The summed E-state index contributed by atoms with van der Waals surface area (Å²) < 4.78 is 26.6. The van der Waals surface area contributed by atoms with Gasteiger partial charge in [0.25, 0.3) is 0 Å². The normalized spacial score (nSPS) is 12.1. The number of sulfonamides is 1. The van der Waals surface area contributed by atoms with E-state index in [4.69, 9.17) is 5.26 Å². The van der Waals surface area contributed by atoms with Crippen LogP contribution in [0.2, 0.25) is 0 Å². The quantitative estimate of drug-likeness (QED) is 0.823. The fourth-order valence-electron chi connectivity index (χ4n) is 1.73. The van der Waals surface area contributed by atoms with Crippen molar-refractivity contribution >= 4 is 10.0 Å². The van der Waals surface area contributed by atoms with Crippen LogP contribution in [-0.4, -0.2) is 24.7 Å². The van der Waals surface area contributed by atoms with Crippen LogP contribution in [0.1, 0.15) is 32.3 Å². The number of nitriles is 1. The van der Waals surface area contributed by atoms with Crippen molar-refractivity contribution in [3.63, 3.8) is 0 Å². The molecule has 0 unspecified atom stereocenters. The zero-order valence-electron chi connectivity index (χ0n) is 11.3. The minimum atomic E-state index is -3.47. The molecule has 0 bridgehead atoms.